The molecule has 0 saturated carbocycles. The van der Waals surface area contributed by atoms with Gasteiger partial charge in [-0.1, -0.05) is 31.9 Å². The van der Waals surface area contributed by atoms with Gasteiger partial charge in [-0.15, -0.1) is 0 Å². The number of amides is 2. The molecule has 0 aliphatic carbocycles. The summed E-state index contributed by atoms with van der Waals surface area (Å²) >= 11 is 0. The summed E-state index contributed by atoms with van der Waals surface area (Å²) in [5.74, 6) is 2.05. The Kier molecular flexibility index (Phi) is 7.79. The van der Waals surface area contributed by atoms with Crippen LogP contribution in [-0.2, 0) is 0 Å². The quantitative estimate of drug-likeness (QED) is 0.613. The smallest absolute Gasteiger partial charge is 0.321 e. The summed E-state index contributed by atoms with van der Waals surface area (Å²) in [6.07, 6.45) is 5.42. The predicted octanol–water partition coefficient (Wildman–Crippen LogP) is 5.68. The molecular formula is C24H32N2O3. The van der Waals surface area contributed by atoms with Crippen LogP contribution >= 0.6 is 0 Å². The number of nitrogens with zero attached hydrogens (tertiary/aromatic N) is 1. The Balaban J connectivity index is 1.58. The summed E-state index contributed by atoms with van der Waals surface area (Å²) in [6, 6.07) is 15.8. The van der Waals surface area contributed by atoms with Crippen molar-refractivity contribution in [2.75, 3.05) is 32.1 Å². The highest BCUT2D eigenvalue weighted by Crippen LogP contribution is 2.28. The van der Waals surface area contributed by atoms with Crippen LogP contribution in [0.1, 0.15) is 50.5 Å². The molecule has 1 N–H and O–H groups in total. The van der Waals surface area contributed by atoms with Gasteiger partial charge in [-0.2, -0.15) is 0 Å². The molecule has 1 aliphatic heterocycles. The van der Waals surface area contributed by atoms with E-state index in [-0.39, 0.29) is 6.03 Å². The molecule has 1 aliphatic rings. The van der Waals surface area contributed by atoms with Gasteiger partial charge >= 0.3 is 6.03 Å². The number of carbonyl (C=O) groups excluding carboxylic acids is 1. The first-order valence-corrected chi connectivity index (χ1v) is 10.6. The van der Waals surface area contributed by atoms with E-state index in [1.807, 2.05) is 41.3 Å². The number of likely N-dealkylation sites (tertiary alicyclic amines) is 1. The lowest BCUT2D eigenvalue weighted by Gasteiger charge is -2.25. The lowest BCUT2D eigenvalue weighted by Crippen LogP contribution is -2.37. The highest BCUT2D eigenvalue weighted by molar-refractivity contribution is 5.89. The fraction of sp³-hybridized carbons (Fsp3) is 0.458. The molecule has 0 radical (unpaired) electrons. The monoisotopic (exact) mass is 396 g/mol. The van der Waals surface area contributed by atoms with Gasteiger partial charge in [0.2, 0.25) is 0 Å². The number of anilines is 1. The fourth-order valence-corrected chi connectivity index (χ4v) is 3.65. The molecule has 0 aromatic heterocycles. The molecule has 1 saturated heterocycles. The third-order valence-corrected chi connectivity index (χ3v) is 5.42. The Morgan fingerprint density at radius 2 is 1.79 bits per heavy atom. The first-order valence-electron chi connectivity index (χ1n) is 10.6. The van der Waals surface area contributed by atoms with Crippen LogP contribution in [0.5, 0.6) is 11.5 Å². The molecule has 5 nitrogen and oxygen atoms in total. The number of unbranched alkanes of at least 4 members (excludes halogenated alkanes) is 1. The lowest BCUT2D eigenvalue weighted by molar-refractivity contribution is 0.211. The fourth-order valence-electron chi connectivity index (χ4n) is 3.65. The molecular weight excluding hydrogens is 364 g/mol. The van der Waals surface area contributed by atoms with E-state index in [2.05, 4.69) is 24.4 Å². The van der Waals surface area contributed by atoms with E-state index in [4.69, 9.17) is 9.47 Å². The van der Waals surface area contributed by atoms with Gasteiger partial charge in [-0.05, 0) is 61.2 Å². The summed E-state index contributed by atoms with van der Waals surface area (Å²) in [7, 11) is 1.68. The number of ether oxygens (including phenoxy) is 2. The summed E-state index contributed by atoms with van der Waals surface area (Å²) in [6.45, 7) is 4.39. The minimum absolute atomic E-state index is 0.0370. The number of carbonyl (C=O) groups is 1. The molecule has 3 rings (SSSR count). The molecule has 1 fully saturated rings. The number of methoxy groups -OCH3 is 1. The van der Waals surface area contributed by atoms with Gasteiger partial charge in [-0.25, -0.2) is 4.79 Å². The van der Waals surface area contributed by atoms with E-state index in [1.54, 1.807) is 7.11 Å². The molecule has 156 valence electrons. The van der Waals surface area contributed by atoms with Gasteiger partial charge in [0.05, 0.1) is 13.7 Å². The topological polar surface area (TPSA) is 50.8 Å². The number of benzene rings is 2. The summed E-state index contributed by atoms with van der Waals surface area (Å²) in [5, 5.41) is 3.04. The highest BCUT2D eigenvalue weighted by Gasteiger charge is 2.23. The molecule has 2 aromatic carbocycles. The van der Waals surface area contributed by atoms with Gasteiger partial charge < -0.3 is 19.7 Å². The molecule has 0 bridgehead atoms. The van der Waals surface area contributed by atoms with Crippen LogP contribution in [0, 0.1) is 0 Å². The normalized spacial score (nSPS) is 16.8. The second-order valence-corrected chi connectivity index (χ2v) is 7.57. The van der Waals surface area contributed by atoms with Crippen LogP contribution in [0.2, 0.25) is 0 Å². The molecule has 0 spiro atoms. The molecule has 2 aromatic rings. The second kappa shape index (κ2) is 10.7. The van der Waals surface area contributed by atoms with Crippen LogP contribution in [0.25, 0.3) is 0 Å². The molecule has 5 heteroatoms. The Labute approximate surface area is 174 Å². The Morgan fingerprint density at radius 1 is 1.07 bits per heavy atom. The largest absolute Gasteiger partial charge is 0.497 e. The van der Waals surface area contributed by atoms with Gasteiger partial charge in [0, 0.05) is 24.7 Å². The summed E-state index contributed by atoms with van der Waals surface area (Å²) in [5.41, 5.74) is 2.06. The SMILES string of the molecule is CCCCOc1ccc(NC(=O)N2CCCCC(c3ccc(OC)cc3)C2)cc1. The van der Waals surface area contributed by atoms with Crippen LogP contribution < -0.4 is 14.8 Å². The first-order chi connectivity index (χ1) is 14.2. The number of hydrogen-bond donors (Lipinski definition) is 1. The number of hydrogen-bond acceptors (Lipinski definition) is 3. The Hall–Kier alpha value is -2.69. The van der Waals surface area contributed by atoms with Crippen LogP contribution in [0.3, 0.4) is 0 Å². The van der Waals surface area contributed by atoms with Crippen molar-refractivity contribution in [1.29, 1.82) is 0 Å². The number of urea groups is 1. The third kappa shape index (κ3) is 6.14. The van der Waals surface area contributed by atoms with E-state index in [1.165, 1.54) is 5.56 Å². The van der Waals surface area contributed by atoms with Crippen LogP contribution in [-0.4, -0.2) is 37.7 Å². The molecule has 29 heavy (non-hydrogen) atoms. The Morgan fingerprint density at radius 3 is 2.48 bits per heavy atom. The minimum atomic E-state index is -0.0370. The van der Waals surface area contributed by atoms with Crippen LogP contribution in [0.4, 0.5) is 10.5 Å². The van der Waals surface area contributed by atoms with E-state index in [0.717, 1.165) is 69.0 Å². The number of rotatable bonds is 7. The number of nitrogens with one attached hydrogen (secondary N) is 1. The van der Waals surface area contributed by atoms with Crippen molar-refractivity contribution in [3.63, 3.8) is 0 Å². The third-order valence-electron chi connectivity index (χ3n) is 5.42. The standard InChI is InChI=1S/C24H32N2O3/c1-3-4-17-29-23-14-10-21(11-15-23)25-24(27)26-16-6-5-7-20(18-26)19-8-12-22(28-2)13-9-19/h8-15,20H,3-7,16-18H2,1-2H3,(H,25,27). The maximum Gasteiger partial charge on any atom is 0.321 e. The van der Waals surface area contributed by atoms with Crippen molar-refractivity contribution in [3.05, 3.63) is 54.1 Å². The van der Waals surface area contributed by atoms with Crippen molar-refractivity contribution in [3.8, 4) is 11.5 Å². The van der Waals surface area contributed by atoms with Gasteiger partial charge in [0.1, 0.15) is 11.5 Å². The van der Waals surface area contributed by atoms with E-state index < -0.39 is 0 Å². The molecule has 2 amide bonds. The zero-order valence-corrected chi connectivity index (χ0v) is 17.5. The highest BCUT2D eigenvalue weighted by atomic mass is 16.5. The van der Waals surface area contributed by atoms with Crippen molar-refractivity contribution in [2.24, 2.45) is 0 Å². The van der Waals surface area contributed by atoms with E-state index in [0.29, 0.717) is 5.92 Å². The zero-order chi connectivity index (χ0) is 20.5. The minimum Gasteiger partial charge on any atom is -0.497 e. The zero-order valence-electron chi connectivity index (χ0n) is 17.5. The predicted molar refractivity (Wildman–Crippen MR) is 117 cm³/mol. The average Bonchev–Trinajstić information content (AvgIpc) is 3.02. The van der Waals surface area contributed by atoms with Crippen molar-refractivity contribution in [2.45, 2.75) is 44.9 Å². The lowest BCUT2D eigenvalue weighted by atomic mass is 9.94. The summed E-state index contributed by atoms with van der Waals surface area (Å²) < 4.78 is 10.9. The second-order valence-electron chi connectivity index (χ2n) is 7.57. The van der Waals surface area contributed by atoms with E-state index in [9.17, 15) is 4.79 Å². The maximum atomic E-state index is 12.9. The molecule has 1 heterocycles. The van der Waals surface area contributed by atoms with Crippen LogP contribution in [0.15, 0.2) is 48.5 Å². The van der Waals surface area contributed by atoms with E-state index >= 15 is 0 Å². The van der Waals surface area contributed by atoms with Gasteiger partial charge in [-0.3, -0.25) is 0 Å². The Bertz CT molecular complexity index is 759. The van der Waals surface area contributed by atoms with Crippen molar-refractivity contribution < 1.29 is 14.3 Å². The maximum absolute atomic E-state index is 12.9. The van der Waals surface area contributed by atoms with Gasteiger partial charge in [0.15, 0.2) is 0 Å². The molecule has 1 unspecified atom stereocenters. The van der Waals surface area contributed by atoms with Crippen molar-refractivity contribution in [1.82, 2.24) is 4.90 Å². The molecule has 1 atom stereocenters. The van der Waals surface area contributed by atoms with Gasteiger partial charge in [0.25, 0.3) is 0 Å². The average molecular weight is 397 g/mol. The van der Waals surface area contributed by atoms with Crippen molar-refractivity contribution >= 4 is 11.7 Å². The first kappa shape index (κ1) is 21.0. The summed E-state index contributed by atoms with van der Waals surface area (Å²) in [4.78, 5) is 14.8.